The molecule has 114 valence electrons. The Morgan fingerprint density at radius 3 is 2.15 bits per heavy atom. The predicted octanol–water partition coefficient (Wildman–Crippen LogP) is 4.61. The van der Waals surface area contributed by atoms with Gasteiger partial charge in [-0.25, -0.2) is 9.97 Å². The number of nitrogens with zero attached hydrogens (tertiary/aromatic N) is 3. The van der Waals surface area contributed by atoms with E-state index in [0.717, 1.165) is 23.6 Å². The second-order valence-electron chi connectivity index (χ2n) is 7.13. The van der Waals surface area contributed by atoms with E-state index in [0.29, 0.717) is 17.1 Å². The van der Waals surface area contributed by atoms with E-state index in [9.17, 15) is 0 Å². The molecule has 0 amide bonds. The average molecular weight is 298 g/mol. The zero-order valence-corrected chi connectivity index (χ0v) is 14.8. The van der Waals surface area contributed by atoms with Crippen molar-refractivity contribution in [2.45, 2.75) is 66.3 Å². The van der Waals surface area contributed by atoms with Crippen LogP contribution in [-0.4, -0.2) is 23.1 Å². The summed E-state index contributed by atoms with van der Waals surface area (Å²) in [6.07, 6.45) is 1.13. The fraction of sp³-hybridized carbons (Fsp3) is 0.750. The number of anilines is 1. The molecular formula is C16H28ClN3. The summed E-state index contributed by atoms with van der Waals surface area (Å²) in [7, 11) is 2.09. The lowest BCUT2D eigenvalue weighted by molar-refractivity contribution is 0.497. The second-order valence-corrected chi connectivity index (χ2v) is 7.48. The largest absolute Gasteiger partial charge is 0.357 e. The van der Waals surface area contributed by atoms with Gasteiger partial charge in [0, 0.05) is 24.1 Å². The Kier molecular flexibility index (Phi) is 5.42. The van der Waals surface area contributed by atoms with Crippen molar-refractivity contribution in [1.82, 2.24) is 9.97 Å². The van der Waals surface area contributed by atoms with Crippen LogP contribution in [0, 0.1) is 12.8 Å². The van der Waals surface area contributed by atoms with Crippen LogP contribution in [0.4, 0.5) is 5.82 Å². The fourth-order valence-corrected chi connectivity index (χ4v) is 2.37. The maximum atomic E-state index is 6.30. The molecule has 1 rings (SSSR count). The minimum Gasteiger partial charge on any atom is -0.357 e. The number of hydrogen-bond donors (Lipinski definition) is 0. The Bertz CT molecular complexity index is 464. The summed E-state index contributed by atoms with van der Waals surface area (Å²) in [5, 5.41) is 0.559. The van der Waals surface area contributed by atoms with Crippen molar-refractivity contribution in [3.05, 3.63) is 16.5 Å². The standard InChI is InChI=1S/C16H28ClN3/c1-10(2)9-11(3)20(8)14-12(4)13(17)18-15(19-14)16(5,6)7/h10-11H,9H2,1-8H3. The van der Waals surface area contributed by atoms with Gasteiger partial charge in [0.2, 0.25) is 0 Å². The van der Waals surface area contributed by atoms with Crippen molar-refractivity contribution in [1.29, 1.82) is 0 Å². The first kappa shape index (κ1) is 17.2. The van der Waals surface area contributed by atoms with Crippen LogP contribution in [0.3, 0.4) is 0 Å². The summed E-state index contributed by atoms with van der Waals surface area (Å²) in [6, 6.07) is 0.424. The third-order valence-corrected chi connectivity index (χ3v) is 3.91. The van der Waals surface area contributed by atoms with Gasteiger partial charge in [-0.1, -0.05) is 46.2 Å². The van der Waals surface area contributed by atoms with E-state index in [4.69, 9.17) is 16.6 Å². The van der Waals surface area contributed by atoms with Crippen LogP contribution in [0.15, 0.2) is 0 Å². The van der Waals surface area contributed by atoms with E-state index in [1.165, 1.54) is 0 Å². The van der Waals surface area contributed by atoms with Crippen LogP contribution < -0.4 is 4.90 Å². The SMILES string of the molecule is Cc1c(Cl)nc(C(C)(C)C)nc1N(C)C(C)CC(C)C. The molecule has 0 aliphatic heterocycles. The van der Waals surface area contributed by atoms with E-state index in [1.54, 1.807) is 0 Å². The molecule has 1 aromatic heterocycles. The third kappa shape index (κ3) is 4.08. The first-order valence-corrected chi connectivity index (χ1v) is 7.69. The Morgan fingerprint density at radius 1 is 1.15 bits per heavy atom. The molecule has 0 saturated carbocycles. The summed E-state index contributed by atoms with van der Waals surface area (Å²) < 4.78 is 0. The number of halogens is 1. The lowest BCUT2D eigenvalue weighted by atomic mass is 9.95. The molecule has 3 nitrogen and oxygen atoms in total. The molecule has 1 unspecified atom stereocenters. The molecule has 0 radical (unpaired) electrons. The van der Waals surface area contributed by atoms with Gasteiger partial charge < -0.3 is 4.90 Å². The molecule has 0 bridgehead atoms. The van der Waals surface area contributed by atoms with Gasteiger partial charge in [0.05, 0.1) is 0 Å². The van der Waals surface area contributed by atoms with Crippen LogP contribution >= 0.6 is 11.6 Å². The Labute approximate surface area is 128 Å². The number of hydrogen-bond acceptors (Lipinski definition) is 3. The molecule has 4 heteroatoms. The topological polar surface area (TPSA) is 29.0 Å². The van der Waals surface area contributed by atoms with Crippen molar-refractivity contribution in [2.24, 2.45) is 5.92 Å². The lowest BCUT2D eigenvalue weighted by Crippen LogP contribution is -2.32. The van der Waals surface area contributed by atoms with Crippen LogP contribution in [0.5, 0.6) is 0 Å². The van der Waals surface area contributed by atoms with Crippen molar-refractivity contribution in [3.63, 3.8) is 0 Å². The van der Waals surface area contributed by atoms with Gasteiger partial charge >= 0.3 is 0 Å². The van der Waals surface area contributed by atoms with Crippen molar-refractivity contribution in [2.75, 3.05) is 11.9 Å². The Morgan fingerprint density at radius 2 is 1.70 bits per heavy atom. The molecule has 1 aromatic rings. The normalized spacial score (nSPS) is 13.7. The summed E-state index contributed by atoms with van der Waals surface area (Å²) in [4.78, 5) is 11.4. The van der Waals surface area contributed by atoms with Gasteiger partial charge in [-0.2, -0.15) is 0 Å². The van der Waals surface area contributed by atoms with Crippen LogP contribution in [0.25, 0.3) is 0 Å². The first-order chi connectivity index (χ1) is 9.04. The van der Waals surface area contributed by atoms with Gasteiger partial charge in [0.1, 0.15) is 16.8 Å². The molecule has 0 aliphatic rings. The van der Waals surface area contributed by atoms with Gasteiger partial charge in [-0.15, -0.1) is 0 Å². The highest BCUT2D eigenvalue weighted by atomic mass is 35.5. The van der Waals surface area contributed by atoms with Gasteiger partial charge in [-0.05, 0) is 26.2 Å². The number of aromatic nitrogens is 2. The highest BCUT2D eigenvalue weighted by Gasteiger charge is 2.23. The van der Waals surface area contributed by atoms with Crippen molar-refractivity contribution < 1.29 is 0 Å². The van der Waals surface area contributed by atoms with Gasteiger partial charge in [0.25, 0.3) is 0 Å². The molecule has 1 atom stereocenters. The minimum atomic E-state index is -0.103. The fourth-order valence-electron chi connectivity index (χ4n) is 2.21. The Hall–Kier alpha value is -0.830. The lowest BCUT2D eigenvalue weighted by Gasteiger charge is -2.30. The summed E-state index contributed by atoms with van der Waals surface area (Å²) in [6.45, 7) is 15.0. The average Bonchev–Trinajstić information content (AvgIpc) is 2.29. The molecule has 0 aliphatic carbocycles. The molecular weight excluding hydrogens is 270 g/mol. The molecule has 0 aromatic carbocycles. The van der Waals surface area contributed by atoms with Crippen LogP contribution in [0.1, 0.15) is 59.4 Å². The second kappa shape index (κ2) is 6.30. The Balaban J connectivity index is 3.20. The van der Waals surface area contributed by atoms with Crippen LogP contribution in [-0.2, 0) is 5.41 Å². The van der Waals surface area contributed by atoms with Crippen molar-refractivity contribution >= 4 is 17.4 Å². The maximum Gasteiger partial charge on any atom is 0.137 e. The van der Waals surface area contributed by atoms with E-state index in [-0.39, 0.29) is 5.41 Å². The van der Waals surface area contributed by atoms with Gasteiger partial charge in [-0.3, -0.25) is 0 Å². The molecule has 0 spiro atoms. The maximum absolute atomic E-state index is 6.30. The predicted molar refractivity (Wildman–Crippen MR) is 87.8 cm³/mol. The minimum absolute atomic E-state index is 0.103. The smallest absolute Gasteiger partial charge is 0.137 e. The van der Waals surface area contributed by atoms with Crippen LogP contribution in [0.2, 0.25) is 5.15 Å². The van der Waals surface area contributed by atoms with E-state index >= 15 is 0 Å². The zero-order valence-electron chi connectivity index (χ0n) is 14.1. The van der Waals surface area contributed by atoms with E-state index in [2.05, 4.69) is 58.5 Å². The summed E-state index contributed by atoms with van der Waals surface area (Å²) >= 11 is 6.30. The van der Waals surface area contributed by atoms with Crippen molar-refractivity contribution in [3.8, 4) is 0 Å². The molecule has 20 heavy (non-hydrogen) atoms. The highest BCUT2D eigenvalue weighted by molar-refractivity contribution is 6.30. The first-order valence-electron chi connectivity index (χ1n) is 7.31. The molecule has 0 saturated heterocycles. The quantitative estimate of drug-likeness (QED) is 0.760. The summed E-state index contributed by atoms with van der Waals surface area (Å²) in [5.74, 6) is 2.40. The molecule has 0 fully saturated rings. The van der Waals surface area contributed by atoms with E-state index in [1.807, 2.05) is 6.92 Å². The monoisotopic (exact) mass is 297 g/mol. The zero-order chi connectivity index (χ0) is 15.7. The number of rotatable bonds is 4. The molecule has 1 heterocycles. The van der Waals surface area contributed by atoms with Gasteiger partial charge in [0.15, 0.2) is 0 Å². The molecule has 0 N–H and O–H groups in total. The third-order valence-electron chi connectivity index (χ3n) is 3.54. The summed E-state index contributed by atoms with van der Waals surface area (Å²) in [5.41, 5.74) is 0.853. The van der Waals surface area contributed by atoms with E-state index < -0.39 is 0 Å². The highest BCUT2D eigenvalue weighted by Crippen LogP contribution is 2.29.